The van der Waals surface area contributed by atoms with E-state index in [-0.39, 0.29) is 18.8 Å². The fourth-order valence-corrected chi connectivity index (χ4v) is 1.44. The van der Waals surface area contributed by atoms with Crippen LogP contribution in [0.5, 0.6) is 0 Å². The van der Waals surface area contributed by atoms with E-state index in [1.807, 2.05) is 0 Å². The highest BCUT2D eigenvalue weighted by Gasteiger charge is 2.30. The molecule has 120 valence electrons. The predicted molar refractivity (Wildman–Crippen MR) is 74.1 cm³/mol. The third-order valence-corrected chi connectivity index (χ3v) is 2.38. The van der Waals surface area contributed by atoms with Crippen LogP contribution >= 0.6 is 0 Å². The van der Waals surface area contributed by atoms with Gasteiger partial charge in [-0.2, -0.15) is 13.2 Å². The number of halogens is 3. The van der Waals surface area contributed by atoms with Gasteiger partial charge in [-0.25, -0.2) is 0 Å². The third kappa shape index (κ3) is 6.40. The Morgan fingerprint density at radius 1 is 1.23 bits per heavy atom. The monoisotopic (exact) mass is 316 g/mol. The maximum Gasteiger partial charge on any atom is 0.416 e. The van der Waals surface area contributed by atoms with Gasteiger partial charge in [-0.3, -0.25) is 9.59 Å². The van der Waals surface area contributed by atoms with Crippen molar-refractivity contribution in [2.75, 3.05) is 25.1 Å². The van der Waals surface area contributed by atoms with E-state index in [4.69, 9.17) is 4.74 Å². The zero-order chi connectivity index (χ0) is 16.6. The van der Waals surface area contributed by atoms with E-state index >= 15 is 0 Å². The molecule has 1 aromatic rings. The SMILES string of the molecule is C=CCNC(=O)COCC(=O)Nc1cccc(C(F)(F)F)c1. The summed E-state index contributed by atoms with van der Waals surface area (Å²) < 4.78 is 42.4. The lowest BCUT2D eigenvalue weighted by Gasteiger charge is -2.10. The molecule has 1 aromatic carbocycles. The van der Waals surface area contributed by atoms with E-state index in [2.05, 4.69) is 17.2 Å². The molecular formula is C14H15F3N2O3. The van der Waals surface area contributed by atoms with E-state index in [0.717, 1.165) is 12.1 Å². The molecular weight excluding hydrogens is 301 g/mol. The van der Waals surface area contributed by atoms with Crippen LogP contribution in [-0.4, -0.2) is 31.6 Å². The van der Waals surface area contributed by atoms with Crippen LogP contribution in [0.2, 0.25) is 0 Å². The number of alkyl halides is 3. The molecule has 0 aliphatic heterocycles. The maximum absolute atomic E-state index is 12.5. The Kier molecular flexibility index (Phi) is 6.58. The van der Waals surface area contributed by atoms with Gasteiger partial charge in [0.15, 0.2) is 0 Å². The number of rotatable bonds is 7. The van der Waals surface area contributed by atoms with Gasteiger partial charge in [-0.05, 0) is 18.2 Å². The fraction of sp³-hybridized carbons (Fsp3) is 0.286. The molecule has 0 saturated carbocycles. The largest absolute Gasteiger partial charge is 0.416 e. The van der Waals surface area contributed by atoms with Gasteiger partial charge in [-0.15, -0.1) is 6.58 Å². The van der Waals surface area contributed by atoms with Crippen molar-refractivity contribution in [3.05, 3.63) is 42.5 Å². The number of hydrogen-bond donors (Lipinski definition) is 2. The van der Waals surface area contributed by atoms with Gasteiger partial charge in [0.2, 0.25) is 11.8 Å². The lowest BCUT2D eigenvalue weighted by atomic mass is 10.2. The van der Waals surface area contributed by atoms with E-state index in [9.17, 15) is 22.8 Å². The summed E-state index contributed by atoms with van der Waals surface area (Å²) in [7, 11) is 0. The van der Waals surface area contributed by atoms with Crippen LogP contribution in [0.4, 0.5) is 18.9 Å². The average molecular weight is 316 g/mol. The first kappa shape index (κ1) is 17.7. The number of benzene rings is 1. The van der Waals surface area contributed by atoms with Gasteiger partial charge in [-0.1, -0.05) is 12.1 Å². The standard InChI is InChI=1S/C14H15F3N2O3/c1-2-6-18-12(20)8-22-9-13(21)19-11-5-3-4-10(7-11)14(15,16)17/h2-5,7H,1,6,8-9H2,(H,18,20)(H,19,21). The van der Waals surface area contributed by atoms with Crippen molar-refractivity contribution < 1.29 is 27.5 Å². The molecule has 0 spiro atoms. The lowest BCUT2D eigenvalue weighted by molar-refractivity contribution is -0.137. The van der Waals surface area contributed by atoms with Crippen molar-refractivity contribution in [1.82, 2.24) is 5.32 Å². The van der Waals surface area contributed by atoms with Crippen LogP contribution in [-0.2, 0) is 20.5 Å². The summed E-state index contributed by atoms with van der Waals surface area (Å²) >= 11 is 0. The van der Waals surface area contributed by atoms with Gasteiger partial charge in [0.05, 0.1) is 5.56 Å². The lowest BCUT2D eigenvalue weighted by Crippen LogP contribution is -2.29. The van der Waals surface area contributed by atoms with E-state index < -0.39 is 30.2 Å². The van der Waals surface area contributed by atoms with Crippen molar-refractivity contribution >= 4 is 17.5 Å². The number of amides is 2. The Balaban J connectivity index is 2.42. The Morgan fingerprint density at radius 2 is 1.91 bits per heavy atom. The normalized spacial score (nSPS) is 10.9. The van der Waals surface area contributed by atoms with Gasteiger partial charge in [0.25, 0.3) is 0 Å². The fourth-order valence-electron chi connectivity index (χ4n) is 1.44. The molecule has 0 radical (unpaired) electrons. The Bertz CT molecular complexity index is 544. The van der Waals surface area contributed by atoms with Gasteiger partial charge >= 0.3 is 6.18 Å². The van der Waals surface area contributed by atoms with E-state index in [1.165, 1.54) is 18.2 Å². The Hall–Kier alpha value is -2.35. The van der Waals surface area contributed by atoms with Crippen molar-refractivity contribution in [2.24, 2.45) is 0 Å². The number of carbonyl (C=O) groups excluding carboxylic acids is 2. The van der Waals surface area contributed by atoms with E-state index in [0.29, 0.717) is 0 Å². The first-order chi connectivity index (χ1) is 10.3. The van der Waals surface area contributed by atoms with Crippen LogP contribution in [0.3, 0.4) is 0 Å². The minimum Gasteiger partial charge on any atom is -0.362 e. The van der Waals surface area contributed by atoms with Crippen molar-refractivity contribution in [1.29, 1.82) is 0 Å². The molecule has 2 N–H and O–H groups in total. The summed E-state index contributed by atoms with van der Waals surface area (Å²) in [6.45, 7) is 2.91. The first-order valence-corrected chi connectivity index (χ1v) is 6.25. The highest BCUT2D eigenvalue weighted by atomic mass is 19.4. The number of carbonyl (C=O) groups is 2. The molecule has 1 rings (SSSR count). The average Bonchev–Trinajstić information content (AvgIpc) is 2.44. The molecule has 22 heavy (non-hydrogen) atoms. The molecule has 0 unspecified atom stereocenters. The third-order valence-electron chi connectivity index (χ3n) is 2.38. The van der Waals surface area contributed by atoms with Crippen LogP contribution in [0.1, 0.15) is 5.56 Å². The smallest absolute Gasteiger partial charge is 0.362 e. The Morgan fingerprint density at radius 3 is 2.55 bits per heavy atom. The summed E-state index contributed by atoms with van der Waals surface area (Å²) in [5.41, 5.74) is -0.866. The van der Waals surface area contributed by atoms with Crippen LogP contribution in [0.15, 0.2) is 36.9 Å². The molecule has 0 saturated heterocycles. The van der Waals surface area contributed by atoms with Crippen molar-refractivity contribution in [2.45, 2.75) is 6.18 Å². The summed E-state index contributed by atoms with van der Waals surface area (Å²) in [4.78, 5) is 22.7. The minimum absolute atomic E-state index is 0.000432. The molecule has 0 atom stereocenters. The summed E-state index contributed by atoms with van der Waals surface area (Å²) in [5.74, 6) is -1.08. The topological polar surface area (TPSA) is 67.4 Å². The van der Waals surface area contributed by atoms with Crippen LogP contribution < -0.4 is 10.6 Å². The second kappa shape index (κ2) is 8.18. The molecule has 0 aliphatic carbocycles. The van der Waals surface area contributed by atoms with Gasteiger partial charge in [0, 0.05) is 12.2 Å². The number of ether oxygens (including phenoxy) is 1. The molecule has 0 aromatic heterocycles. The van der Waals surface area contributed by atoms with Gasteiger partial charge in [0.1, 0.15) is 13.2 Å². The van der Waals surface area contributed by atoms with E-state index in [1.54, 1.807) is 0 Å². The number of nitrogens with one attached hydrogen (secondary N) is 2. The van der Waals surface area contributed by atoms with Crippen LogP contribution in [0, 0.1) is 0 Å². The molecule has 0 fully saturated rings. The second-order valence-corrected chi connectivity index (χ2v) is 4.21. The Labute approximate surface area is 125 Å². The van der Waals surface area contributed by atoms with Crippen LogP contribution in [0.25, 0.3) is 0 Å². The molecule has 0 heterocycles. The highest BCUT2D eigenvalue weighted by molar-refractivity contribution is 5.92. The molecule has 0 bridgehead atoms. The predicted octanol–water partition coefficient (Wildman–Crippen LogP) is 1.96. The molecule has 5 nitrogen and oxygen atoms in total. The first-order valence-electron chi connectivity index (χ1n) is 6.25. The summed E-state index contributed by atoms with van der Waals surface area (Å²) in [5, 5.41) is 4.70. The maximum atomic E-state index is 12.5. The minimum atomic E-state index is -4.49. The van der Waals surface area contributed by atoms with Crippen molar-refractivity contribution in [3.8, 4) is 0 Å². The highest BCUT2D eigenvalue weighted by Crippen LogP contribution is 2.30. The summed E-state index contributed by atoms with van der Waals surface area (Å²) in [6.07, 6.45) is -3.00. The summed E-state index contributed by atoms with van der Waals surface area (Å²) in [6, 6.07) is 4.22. The zero-order valence-corrected chi connectivity index (χ0v) is 11.6. The molecule has 2 amide bonds. The zero-order valence-electron chi connectivity index (χ0n) is 11.6. The molecule has 0 aliphatic rings. The van der Waals surface area contributed by atoms with Gasteiger partial charge < -0.3 is 15.4 Å². The second-order valence-electron chi connectivity index (χ2n) is 4.21. The quantitative estimate of drug-likeness (QED) is 0.756. The number of anilines is 1. The number of hydrogen-bond acceptors (Lipinski definition) is 3. The van der Waals surface area contributed by atoms with Crippen molar-refractivity contribution in [3.63, 3.8) is 0 Å². The molecule has 8 heteroatoms.